The number of halogens is 2. The minimum Gasteiger partial charge on any atom is -0.449 e. The van der Waals surface area contributed by atoms with Gasteiger partial charge in [0, 0.05) is 10.2 Å². The molecule has 4 nitrogen and oxygen atoms in total. The number of para-hydroxylation sites is 1. The van der Waals surface area contributed by atoms with Gasteiger partial charge in [-0.2, -0.15) is 0 Å². The summed E-state index contributed by atoms with van der Waals surface area (Å²) < 4.78 is 19.3. The van der Waals surface area contributed by atoms with Crippen LogP contribution in [-0.2, 0) is 9.53 Å². The normalized spacial score (nSPS) is 11.7. The lowest BCUT2D eigenvalue weighted by Crippen LogP contribution is -2.30. The molecule has 2 aromatic carbocycles. The Labute approximate surface area is 148 Å². The van der Waals surface area contributed by atoms with Crippen LogP contribution in [0.5, 0.6) is 0 Å². The molecule has 0 spiro atoms. The van der Waals surface area contributed by atoms with E-state index in [2.05, 4.69) is 21.2 Å². The Morgan fingerprint density at radius 1 is 1.17 bits per heavy atom. The number of ether oxygens (including phenoxy) is 1. The summed E-state index contributed by atoms with van der Waals surface area (Å²) in [6.45, 7) is 5.18. The van der Waals surface area contributed by atoms with Gasteiger partial charge in [-0.3, -0.25) is 4.79 Å². The van der Waals surface area contributed by atoms with Crippen LogP contribution in [0.4, 0.5) is 10.1 Å². The van der Waals surface area contributed by atoms with Gasteiger partial charge in [0.25, 0.3) is 5.91 Å². The maximum absolute atomic E-state index is 13.7. The zero-order valence-electron chi connectivity index (χ0n) is 13.5. The SMILES string of the molecule is Cc1cccc(C)c1NC(=O)[C@H](C)OC(=O)c1cc(Br)ccc1F. The van der Waals surface area contributed by atoms with Crippen molar-refractivity contribution < 1.29 is 18.7 Å². The van der Waals surface area contributed by atoms with Gasteiger partial charge >= 0.3 is 5.97 Å². The molecule has 2 rings (SSSR count). The second-order valence-electron chi connectivity index (χ2n) is 5.43. The molecule has 0 bridgehead atoms. The van der Waals surface area contributed by atoms with E-state index in [1.54, 1.807) is 0 Å². The fourth-order valence-corrected chi connectivity index (χ4v) is 2.53. The molecule has 24 heavy (non-hydrogen) atoms. The quantitative estimate of drug-likeness (QED) is 0.783. The molecule has 0 saturated carbocycles. The molecule has 6 heteroatoms. The van der Waals surface area contributed by atoms with Crippen molar-refractivity contribution in [2.24, 2.45) is 0 Å². The third-order valence-corrected chi connectivity index (χ3v) is 4.02. The third-order valence-electron chi connectivity index (χ3n) is 3.53. The zero-order valence-corrected chi connectivity index (χ0v) is 15.1. The second kappa shape index (κ2) is 7.57. The topological polar surface area (TPSA) is 55.4 Å². The van der Waals surface area contributed by atoms with Crippen LogP contribution < -0.4 is 5.32 Å². The van der Waals surface area contributed by atoms with Crippen molar-refractivity contribution in [1.82, 2.24) is 0 Å². The van der Waals surface area contributed by atoms with Crippen LogP contribution in [0.25, 0.3) is 0 Å². The van der Waals surface area contributed by atoms with Crippen LogP contribution >= 0.6 is 15.9 Å². The molecule has 0 aliphatic heterocycles. The van der Waals surface area contributed by atoms with E-state index in [4.69, 9.17) is 4.74 Å². The van der Waals surface area contributed by atoms with Crippen molar-refractivity contribution in [3.8, 4) is 0 Å². The van der Waals surface area contributed by atoms with Crippen LogP contribution in [0, 0.1) is 19.7 Å². The fraction of sp³-hybridized carbons (Fsp3) is 0.222. The van der Waals surface area contributed by atoms with E-state index in [0.29, 0.717) is 10.2 Å². The standard InChI is InChI=1S/C18H17BrFNO3/c1-10-5-4-6-11(2)16(10)21-17(22)12(3)24-18(23)14-9-13(19)7-8-15(14)20/h4-9,12H,1-3H3,(H,21,22)/t12-/m0/s1. The van der Waals surface area contributed by atoms with E-state index in [1.807, 2.05) is 32.0 Å². The number of rotatable bonds is 4. The summed E-state index contributed by atoms with van der Waals surface area (Å²) in [4.78, 5) is 24.3. The highest BCUT2D eigenvalue weighted by molar-refractivity contribution is 9.10. The zero-order chi connectivity index (χ0) is 17.9. The lowest BCUT2D eigenvalue weighted by Gasteiger charge is -2.16. The minimum absolute atomic E-state index is 0.226. The van der Waals surface area contributed by atoms with Crippen molar-refractivity contribution >= 4 is 33.5 Å². The average Bonchev–Trinajstić information content (AvgIpc) is 2.53. The van der Waals surface area contributed by atoms with Crippen molar-refractivity contribution in [2.75, 3.05) is 5.32 Å². The van der Waals surface area contributed by atoms with Gasteiger partial charge in [0.1, 0.15) is 5.82 Å². The predicted octanol–water partition coefficient (Wildman–Crippen LogP) is 4.39. The van der Waals surface area contributed by atoms with Crippen LogP contribution in [-0.4, -0.2) is 18.0 Å². The van der Waals surface area contributed by atoms with E-state index in [1.165, 1.54) is 19.1 Å². The Morgan fingerprint density at radius 3 is 2.42 bits per heavy atom. The first-order valence-electron chi connectivity index (χ1n) is 7.32. The van der Waals surface area contributed by atoms with Gasteiger partial charge in [0.15, 0.2) is 6.10 Å². The molecule has 0 aromatic heterocycles. The maximum Gasteiger partial charge on any atom is 0.341 e. The number of anilines is 1. The number of esters is 1. The second-order valence-corrected chi connectivity index (χ2v) is 6.34. The Bertz CT molecular complexity index is 772. The lowest BCUT2D eigenvalue weighted by atomic mass is 10.1. The molecule has 126 valence electrons. The number of aryl methyl sites for hydroxylation is 2. The number of amides is 1. The highest BCUT2D eigenvalue weighted by atomic mass is 79.9. The van der Waals surface area contributed by atoms with Crippen molar-refractivity contribution in [2.45, 2.75) is 26.9 Å². The Kier molecular flexibility index (Phi) is 5.72. The summed E-state index contributed by atoms with van der Waals surface area (Å²) in [6.07, 6.45) is -1.06. The molecule has 0 aliphatic rings. The number of hydrogen-bond donors (Lipinski definition) is 1. The summed E-state index contributed by atoms with van der Waals surface area (Å²) in [5.74, 6) is -2.07. The number of carbonyl (C=O) groups is 2. The summed E-state index contributed by atoms with van der Waals surface area (Å²) >= 11 is 3.17. The van der Waals surface area contributed by atoms with Gasteiger partial charge in [-0.25, -0.2) is 9.18 Å². The molecule has 0 aliphatic carbocycles. The molecule has 0 radical (unpaired) electrons. The Balaban J connectivity index is 2.09. The van der Waals surface area contributed by atoms with Gasteiger partial charge in [-0.1, -0.05) is 34.1 Å². The van der Waals surface area contributed by atoms with Crippen LogP contribution in [0.3, 0.4) is 0 Å². The number of carbonyl (C=O) groups excluding carboxylic acids is 2. The molecule has 0 heterocycles. The summed E-state index contributed by atoms with van der Waals surface area (Å²) in [5.41, 5.74) is 2.26. The first kappa shape index (κ1) is 18.1. The molecule has 1 atom stereocenters. The maximum atomic E-state index is 13.7. The molecular formula is C18H17BrFNO3. The molecule has 0 unspecified atom stereocenters. The smallest absolute Gasteiger partial charge is 0.341 e. The van der Waals surface area contributed by atoms with E-state index in [9.17, 15) is 14.0 Å². The molecule has 0 fully saturated rings. The highest BCUT2D eigenvalue weighted by Crippen LogP contribution is 2.20. The summed E-state index contributed by atoms with van der Waals surface area (Å²) in [5, 5.41) is 2.74. The van der Waals surface area contributed by atoms with E-state index in [0.717, 1.165) is 17.2 Å². The third kappa shape index (κ3) is 4.20. The average molecular weight is 394 g/mol. The van der Waals surface area contributed by atoms with E-state index >= 15 is 0 Å². The van der Waals surface area contributed by atoms with Crippen LogP contribution in [0.2, 0.25) is 0 Å². The summed E-state index contributed by atoms with van der Waals surface area (Å²) in [6, 6.07) is 9.57. The van der Waals surface area contributed by atoms with E-state index in [-0.39, 0.29) is 5.56 Å². The van der Waals surface area contributed by atoms with Gasteiger partial charge in [0.2, 0.25) is 0 Å². The molecule has 2 aromatic rings. The van der Waals surface area contributed by atoms with Crippen molar-refractivity contribution in [3.05, 3.63) is 63.4 Å². The molecule has 1 N–H and O–H groups in total. The predicted molar refractivity (Wildman–Crippen MR) is 93.5 cm³/mol. The lowest BCUT2D eigenvalue weighted by molar-refractivity contribution is -0.123. The van der Waals surface area contributed by atoms with Crippen LogP contribution in [0.15, 0.2) is 40.9 Å². The molecular weight excluding hydrogens is 377 g/mol. The number of benzene rings is 2. The highest BCUT2D eigenvalue weighted by Gasteiger charge is 2.22. The first-order chi connectivity index (χ1) is 11.3. The van der Waals surface area contributed by atoms with Gasteiger partial charge in [-0.05, 0) is 50.1 Å². The van der Waals surface area contributed by atoms with Gasteiger partial charge in [0.05, 0.1) is 5.56 Å². The molecule has 1 amide bonds. The van der Waals surface area contributed by atoms with Crippen molar-refractivity contribution in [1.29, 1.82) is 0 Å². The first-order valence-corrected chi connectivity index (χ1v) is 8.12. The minimum atomic E-state index is -1.06. The van der Waals surface area contributed by atoms with E-state index < -0.39 is 23.8 Å². The summed E-state index contributed by atoms with van der Waals surface area (Å²) in [7, 11) is 0. The molecule has 0 saturated heterocycles. The van der Waals surface area contributed by atoms with Crippen LogP contribution in [0.1, 0.15) is 28.4 Å². The monoisotopic (exact) mass is 393 g/mol. The van der Waals surface area contributed by atoms with Gasteiger partial charge in [-0.15, -0.1) is 0 Å². The fourth-order valence-electron chi connectivity index (χ4n) is 2.17. The number of hydrogen-bond acceptors (Lipinski definition) is 3. The number of nitrogens with one attached hydrogen (secondary N) is 1. The van der Waals surface area contributed by atoms with Gasteiger partial charge < -0.3 is 10.1 Å². The van der Waals surface area contributed by atoms with Crippen molar-refractivity contribution in [3.63, 3.8) is 0 Å². The Hall–Kier alpha value is -2.21. The largest absolute Gasteiger partial charge is 0.449 e. The Morgan fingerprint density at radius 2 is 1.79 bits per heavy atom.